The molecule has 1 atom stereocenters. The molecule has 0 aliphatic carbocycles. The molecule has 0 fully saturated rings. The van der Waals surface area contributed by atoms with E-state index in [2.05, 4.69) is 26.2 Å². The van der Waals surface area contributed by atoms with Crippen molar-refractivity contribution >= 4 is 39.3 Å². The number of benzene rings is 1. The SMILES string of the molecule is O=C(NCc1ccccc1Br)C1CC=CN1c1ncc(C(F)(F)F)cc1Cl. The van der Waals surface area contributed by atoms with Crippen LogP contribution in [0.25, 0.3) is 0 Å². The summed E-state index contributed by atoms with van der Waals surface area (Å²) < 4.78 is 39.2. The molecule has 0 spiro atoms. The van der Waals surface area contributed by atoms with E-state index < -0.39 is 17.8 Å². The standard InChI is InChI=1S/C18H14BrClF3N3O/c19-13-5-2-1-4-11(13)9-25-17(27)15-6-3-7-26(15)16-14(20)8-12(10-24-16)18(21,22)23/h1-5,7-8,10,15H,6,9H2,(H,25,27). The van der Waals surface area contributed by atoms with E-state index in [4.69, 9.17) is 11.6 Å². The van der Waals surface area contributed by atoms with Gasteiger partial charge in [0.15, 0.2) is 5.82 Å². The van der Waals surface area contributed by atoms with Crippen LogP contribution in [0.3, 0.4) is 0 Å². The Balaban J connectivity index is 1.74. The normalized spacial score (nSPS) is 16.6. The molecule has 142 valence electrons. The topological polar surface area (TPSA) is 45.2 Å². The van der Waals surface area contributed by atoms with Gasteiger partial charge in [0.1, 0.15) is 6.04 Å². The lowest BCUT2D eigenvalue weighted by atomic mass is 10.2. The molecule has 4 nitrogen and oxygen atoms in total. The Labute approximate surface area is 167 Å². The zero-order chi connectivity index (χ0) is 19.6. The molecule has 1 amide bonds. The largest absolute Gasteiger partial charge is 0.417 e. The molecule has 1 aromatic carbocycles. The average Bonchev–Trinajstić information content (AvgIpc) is 3.09. The van der Waals surface area contributed by atoms with Crippen LogP contribution in [0.4, 0.5) is 19.0 Å². The third-order valence-electron chi connectivity index (χ3n) is 4.07. The molecule has 9 heteroatoms. The zero-order valence-corrected chi connectivity index (χ0v) is 16.1. The number of alkyl halides is 3. The van der Waals surface area contributed by atoms with Crippen molar-refractivity contribution in [3.05, 3.63) is 69.4 Å². The predicted octanol–water partition coefficient (Wildman–Crippen LogP) is 4.93. The number of carbonyl (C=O) groups excluding carboxylic acids is 1. The second-order valence-electron chi connectivity index (χ2n) is 5.88. The smallest absolute Gasteiger partial charge is 0.350 e. The van der Waals surface area contributed by atoms with Crippen molar-refractivity contribution in [2.24, 2.45) is 0 Å². The highest BCUT2D eigenvalue weighted by Crippen LogP contribution is 2.35. The molecule has 0 bridgehead atoms. The van der Waals surface area contributed by atoms with Crippen LogP contribution in [0.1, 0.15) is 17.5 Å². The van der Waals surface area contributed by atoms with Crippen molar-refractivity contribution in [2.75, 3.05) is 4.90 Å². The predicted molar refractivity (Wildman–Crippen MR) is 100 cm³/mol. The molecule has 1 unspecified atom stereocenters. The number of nitrogens with one attached hydrogen (secondary N) is 1. The molecular weight excluding hydrogens is 447 g/mol. The van der Waals surface area contributed by atoms with Gasteiger partial charge in [-0.05, 0) is 24.1 Å². The number of hydrogen-bond donors (Lipinski definition) is 1. The Hall–Kier alpha value is -2.06. The summed E-state index contributed by atoms with van der Waals surface area (Å²) >= 11 is 9.42. The summed E-state index contributed by atoms with van der Waals surface area (Å²) in [5, 5.41) is 2.67. The van der Waals surface area contributed by atoms with E-state index in [1.807, 2.05) is 24.3 Å². The first kappa shape index (κ1) is 19.7. The Morgan fingerprint density at radius 3 is 2.78 bits per heavy atom. The molecule has 3 rings (SSSR count). The lowest BCUT2D eigenvalue weighted by Crippen LogP contribution is -2.42. The summed E-state index contributed by atoms with van der Waals surface area (Å²) in [6.07, 6.45) is -0.0668. The average molecular weight is 461 g/mol. The third kappa shape index (κ3) is 4.44. The van der Waals surface area contributed by atoms with Crippen molar-refractivity contribution in [1.29, 1.82) is 0 Å². The maximum Gasteiger partial charge on any atom is 0.417 e. The number of anilines is 1. The number of hydrogen-bond acceptors (Lipinski definition) is 3. The van der Waals surface area contributed by atoms with E-state index in [0.29, 0.717) is 19.2 Å². The van der Waals surface area contributed by atoms with Crippen LogP contribution in [0.5, 0.6) is 0 Å². The van der Waals surface area contributed by atoms with Crippen molar-refractivity contribution in [2.45, 2.75) is 25.2 Å². The highest BCUT2D eigenvalue weighted by molar-refractivity contribution is 9.10. The van der Waals surface area contributed by atoms with E-state index in [9.17, 15) is 18.0 Å². The van der Waals surface area contributed by atoms with Gasteiger partial charge in [0, 0.05) is 23.4 Å². The number of rotatable bonds is 4. The van der Waals surface area contributed by atoms with Gasteiger partial charge in [-0.25, -0.2) is 4.98 Å². The molecule has 1 N–H and O–H groups in total. The summed E-state index contributed by atoms with van der Waals surface area (Å²) in [4.78, 5) is 17.9. The fourth-order valence-electron chi connectivity index (χ4n) is 2.69. The summed E-state index contributed by atoms with van der Waals surface area (Å²) in [5.41, 5.74) is -0.0246. The molecule has 27 heavy (non-hydrogen) atoms. The first-order valence-corrected chi connectivity index (χ1v) is 9.13. The summed E-state index contributed by atoms with van der Waals surface area (Å²) in [7, 11) is 0. The van der Waals surface area contributed by atoms with Crippen LogP contribution in [0.15, 0.2) is 53.3 Å². The quantitative estimate of drug-likeness (QED) is 0.704. The minimum Gasteiger partial charge on any atom is -0.350 e. The number of amides is 1. The van der Waals surface area contributed by atoms with E-state index >= 15 is 0 Å². The fraction of sp³-hybridized carbons (Fsp3) is 0.222. The fourth-order valence-corrected chi connectivity index (χ4v) is 3.38. The Morgan fingerprint density at radius 1 is 1.37 bits per heavy atom. The maximum absolute atomic E-state index is 12.8. The monoisotopic (exact) mass is 459 g/mol. The highest BCUT2D eigenvalue weighted by Gasteiger charge is 2.34. The van der Waals surface area contributed by atoms with Crippen molar-refractivity contribution in [1.82, 2.24) is 10.3 Å². The van der Waals surface area contributed by atoms with Gasteiger partial charge in [0.2, 0.25) is 5.91 Å². The van der Waals surface area contributed by atoms with Crippen LogP contribution in [-0.2, 0) is 17.5 Å². The molecule has 2 aromatic rings. The van der Waals surface area contributed by atoms with Crippen LogP contribution >= 0.6 is 27.5 Å². The van der Waals surface area contributed by atoms with Gasteiger partial charge >= 0.3 is 6.18 Å². The number of pyridine rings is 1. The molecule has 0 saturated heterocycles. The number of carbonyl (C=O) groups is 1. The van der Waals surface area contributed by atoms with Gasteiger partial charge in [0.25, 0.3) is 0 Å². The molecule has 0 radical (unpaired) electrons. The molecule has 1 aromatic heterocycles. The number of aromatic nitrogens is 1. The van der Waals surface area contributed by atoms with Crippen LogP contribution in [-0.4, -0.2) is 16.9 Å². The lowest BCUT2D eigenvalue weighted by Gasteiger charge is -2.25. The molecule has 0 saturated carbocycles. The summed E-state index contributed by atoms with van der Waals surface area (Å²) in [6, 6.07) is 7.67. The van der Waals surface area contributed by atoms with E-state index in [1.54, 1.807) is 12.3 Å². The third-order valence-corrected chi connectivity index (χ3v) is 5.12. The van der Waals surface area contributed by atoms with Crippen molar-refractivity contribution in [3.8, 4) is 0 Å². The minimum atomic E-state index is -4.53. The Bertz CT molecular complexity index is 888. The molecule has 1 aliphatic heterocycles. The maximum atomic E-state index is 12.8. The van der Waals surface area contributed by atoms with Gasteiger partial charge in [-0.2, -0.15) is 13.2 Å². The van der Waals surface area contributed by atoms with Crippen molar-refractivity contribution in [3.63, 3.8) is 0 Å². The van der Waals surface area contributed by atoms with Gasteiger partial charge in [-0.1, -0.05) is 51.8 Å². The first-order valence-electron chi connectivity index (χ1n) is 7.96. The lowest BCUT2D eigenvalue weighted by molar-refractivity contribution is -0.137. The second kappa shape index (κ2) is 7.90. The van der Waals surface area contributed by atoms with E-state index in [0.717, 1.165) is 16.1 Å². The summed E-state index contributed by atoms with van der Waals surface area (Å²) in [5.74, 6) is -0.159. The highest BCUT2D eigenvalue weighted by atomic mass is 79.9. The van der Waals surface area contributed by atoms with Gasteiger partial charge in [0.05, 0.1) is 10.6 Å². The molecule has 1 aliphatic rings. The second-order valence-corrected chi connectivity index (χ2v) is 7.14. The van der Waals surface area contributed by atoms with Crippen LogP contribution in [0.2, 0.25) is 5.02 Å². The molecule has 2 heterocycles. The number of halogens is 5. The first-order chi connectivity index (χ1) is 12.8. The van der Waals surface area contributed by atoms with Gasteiger partial charge in [-0.3, -0.25) is 4.79 Å². The van der Waals surface area contributed by atoms with E-state index in [-0.39, 0.29) is 16.7 Å². The number of nitrogens with zero attached hydrogens (tertiary/aromatic N) is 2. The van der Waals surface area contributed by atoms with Crippen molar-refractivity contribution < 1.29 is 18.0 Å². The molecular formula is C18H14BrClF3N3O. The zero-order valence-electron chi connectivity index (χ0n) is 13.8. The van der Waals surface area contributed by atoms with Crippen LogP contribution < -0.4 is 10.2 Å². The Kier molecular flexibility index (Phi) is 5.76. The van der Waals surface area contributed by atoms with Crippen LogP contribution in [0, 0.1) is 0 Å². The van der Waals surface area contributed by atoms with E-state index in [1.165, 1.54) is 4.90 Å². The summed E-state index contributed by atoms with van der Waals surface area (Å²) in [6.45, 7) is 0.318. The van der Waals surface area contributed by atoms with Gasteiger partial charge < -0.3 is 10.2 Å². The van der Waals surface area contributed by atoms with Gasteiger partial charge in [-0.15, -0.1) is 0 Å². The Morgan fingerprint density at radius 2 is 2.11 bits per heavy atom. The minimum absolute atomic E-state index is 0.111.